The van der Waals surface area contributed by atoms with Gasteiger partial charge < -0.3 is 5.11 Å². The van der Waals surface area contributed by atoms with E-state index >= 15 is 0 Å². The van der Waals surface area contributed by atoms with Crippen molar-refractivity contribution < 1.29 is 13.5 Å². The average molecular weight is 178 g/mol. The normalized spacial score (nSPS) is 11.7. The highest BCUT2D eigenvalue weighted by atomic mass is 32.2. The number of sulfone groups is 1. The van der Waals surface area contributed by atoms with Crippen LogP contribution in [0.4, 0.5) is 0 Å². The Bertz CT molecular complexity index is 322. The molecule has 0 aliphatic carbocycles. The minimum absolute atomic E-state index is 0.0282. The van der Waals surface area contributed by atoms with Crippen molar-refractivity contribution in [2.45, 2.75) is 4.21 Å². The van der Waals surface area contributed by atoms with E-state index in [0.29, 0.717) is 0 Å². The average Bonchev–Trinajstić information content (AvgIpc) is 2.11. The topological polar surface area (TPSA) is 54.4 Å². The van der Waals surface area contributed by atoms with Crippen molar-refractivity contribution in [3.8, 4) is 5.06 Å². The fraction of sp³-hybridized carbons (Fsp3) is 0.200. The second kappa shape index (κ2) is 2.25. The van der Waals surface area contributed by atoms with E-state index in [4.69, 9.17) is 5.11 Å². The maximum atomic E-state index is 10.7. The lowest BCUT2D eigenvalue weighted by Crippen LogP contribution is -1.91. The van der Waals surface area contributed by atoms with Crippen LogP contribution in [0.5, 0.6) is 5.06 Å². The summed E-state index contributed by atoms with van der Waals surface area (Å²) in [6.07, 6.45) is 1.11. The first kappa shape index (κ1) is 7.56. The first-order valence-electron chi connectivity index (χ1n) is 2.49. The van der Waals surface area contributed by atoms with Crippen LogP contribution in [0.1, 0.15) is 0 Å². The predicted octanol–water partition coefficient (Wildman–Crippen LogP) is 0.857. The SMILES string of the molecule is CS(=O)(=O)c1ccc(O)s1. The molecular formula is C5H6O3S2. The Morgan fingerprint density at radius 2 is 2.10 bits per heavy atom. The Morgan fingerprint density at radius 1 is 1.50 bits per heavy atom. The van der Waals surface area contributed by atoms with Crippen molar-refractivity contribution in [1.82, 2.24) is 0 Å². The van der Waals surface area contributed by atoms with Crippen molar-refractivity contribution in [3.05, 3.63) is 12.1 Å². The van der Waals surface area contributed by atoms with Gasteiger partial charge in [-0.15, -0.1) is 0 Å². The number of rotatable bonds is 1. The van der Waals surface area contributed by atoms with Gasteiger partial charge in [-0.25, -0.2) is 8.42 Å². The first-order valence-corrected chi connectivity index (χ1v) is 5.20. The third kappa shape index (κ3) is 1.48. The van der Waals surface area contributed by atoms with Gasteiger partial charge in [-0.05, 0) is 12.1 Å². The Balaban J connectivity index is 3.21. The molecule has 0 aromatic carbocycles. The van der Waals surface area contributed by atoms with E-state index in [9.17, 15) is 8.42 Å². The van der Waals surface area contributed by atoms with Crippen molar-refractivity contribution in [2.75, 3.05) is 6.26 Å². The summed E-state index contributed by atoms with van der Waals surface area (Å²) in [6.45, 7) is 0. The molecule has 0 amide bonds. The van der Waals surface area contributed by atoms with Gasteiger partial charge in [-0.1, -0.05) is 11.3 Å². The summed E-state index contributed by atoms with van der Waals surface area (Å²) in [5, 5.41) is 8.80. The van der Waals surface area contributed by atoms with Gasteiger partial charge in [0.1, 0.15) is 4.21 Å². The summed E-state index contributed by atoms with van der Waals surface area (Å²) < 4.78 is 21.7. The molecule has 5 heteroatoms. The minimum atomic E-state index is -3.12. The number of hydrogen-bond donors (Lipinski definition) is 1. The number of hydrogen-bond acceptors (Lipinski definition) is 4. The van der Waals surface area contributed by atoms with Crippen molar-refractivity contribution in [3.63, 3.8) is 0 Å². The lowest BCUT2D eigenvalue weighted by Gasteiger charge is -1.86. The van der Waals surface area contributed by atoms with Crippen LogP contribution in [0.3, 0.4) is 0 Å². The van der Waals surface area contributed by atoms with E-state index in [1.165, 1.54) is 12.1 Å². The van der Waals surface area contributed by atoms with Crippen LogP contribution in [0.15, 0.2) is 16.3 Å². The summed E-state index contributed by atoms with van der Waals surface area (Å²) in [5.41, 5.74) is 0. The highest BCUT2D eigenvalue weighted by Gasteiger charge is 2.08. The monoisotopic (exact) mass is 178 g/mol. The highest BCUT2D eigenvalue weighted by Crippen LogP contribution is 2.25. The quantitative estimate of drug-likeness (QED) is 0.693. The molecular weight excluding hydrogens is 172 g/mol. The van der Waals surface area contributed by atoms with Gasteiger partial charge in [0.2, 0.25) is 0 Å². The lowest BCUT2D eigenvalue weighted by molar-refractivity contribution is 0.491. The molecule has 0 unspecified atom stereocenters. The van der Waals surface area contributed by atoms with Crippen molar-refractivity contribution >= 4 is 21.2 Å². The second-order valence-corrected chi connectivity index (χ2v) is 5.17. The molecule has 0 spiro atoms. The number of thiophene rings is 1. The molecule has 0 bridgehead atoms. The van der Waals surface area contributed by atoms with Crippen LogP contribution in [-0.4, -0.2) is 19.8 Å². The molecule has 0 atom stereocenters. The van der Waals surface area contributed by atoms with Crippen LogP contribution in [0, 0.1) is 0 Å². The van der Waals surface area contributed by atoms with Gasteiger partial charge in [0.05, 0.1) is 0 Å². The van der Waals surface area contributed by atoms with Crippen LogP contribution in [0.2, 0.25) is 0 Å². The fourth-order valence-electron chi connectivity index (χ4n) is 0.510. The third-order valence-electron chi connectivity index (χ3n) is 0.933. The van der Waals surface area contributed by atoms with E-state index in [1.807, 2.05) is 0 Å². The zero-order valence-electron chi connectivity index (χ0n) is 5.23. The van der Waals surface area contributed by atoms with E-state index in [0.717, 1.165) is 17.6 Å². The van der Waals surface area contributed by atoms with Crippen LogP contribution in [-0.2, 0) is 9.84 Å². The fourth-order valence-corrected chi connectivity index (χ4v) is 2.16. The minimum Gasteiger partial charge on any atom is -0.499 e. The second-order valence-electron chi connectivity index (χ2n) is 1.86. The molecule has 1 rings (SSSR count). The molecule has 0 fully saturated rings. The Labute approximate surface area is 62.9 Å². The van der Waals surface area contributed by atoms with Gasteiger partial charge in [-0.3, -0.25) is 0 Å². The molecule has 1 aromatic heterocycles. The van der Waals surface area contributed by atoms with Gasteiger partial charge >= 0.3 is 0 Å². The van der Waals surface area contributed by atoms with Crippen LogP contribution >= 0.6 is 11.3 Å². The molecule has 1 heterocycles. The Morgan fingerprint density at radius 3 is 2.30 bits per heavy atom. The Hall–Kier alpha value is -0.550. The van der Waals surface area contributed by atoms with E-state index in [-0.39, 0.29) is 9.27 Å². The van der Waals surface area contributed by atoms with Gasteiger partial charge in [0, 0.05) is 6.26 Å². The van der Waals surface area contributed by atoms with E-state index in [2.05, 4.69) is 0 Å². The van der Waals surface area contributed by atoms with E-state index < -0.39 is 9.84 Å². The maximum Gasteiger partial charge on any atom is 0.185 e. The largest absolute Gasteiger partial charge is 0.499 e. The molecule has 0 saturated carbocycles. The van der Waals surface area contributed by atoms with Crippen molar-refractivity contribution in [1.29, 1.82) is 0 Å². The summed E-state index contributed by atoms with van der Waals surface area (Å²) in [7, 11) is -3.12. The van der Waals surface area contributed by atoms with Gasteiger partial charge in [0.25, 0.3) is 0 Å². The summed E-state index contributed by atoms with van der Waals surface area (Å²) in [6, 6.07) is 2.75. The maximum absolute atomic E-state index is 10.7. The van der Waals surface area contributed by atoms with Gasteiger partial charge in [0.15, 0.2) is 14.9 Å². The third-order valence-corrected chi connectivity index (χ3v) is 3.64. The standard InChI is InChI=1S/C5H6O3S2/c1-10(7,8)5-3-2-4(6)9-5/h2-3,6H,1H3. The summed E-state index contributed by atoms with van der Waals surface area (Å²) >= 11 is 0.862. The van der Waals surface area contributed by atoms with E-state index in [1.54, 1.807) is 0 Å². The molecule has 0 aliphatic rings. The molecule has 0 aliphatic heterocycles. The molecule has 0 saturated heterocycles. The van der Waals surface area contributed by atoms with Crippen LogP contribution < -0.4 is 0 Å². The number of aromatic hydroxyl groups is 1. The smallest absolute Gasteiger partial charge is 0.185 e. The summed E-state index contributed by atoms with van der Waals surface area (Å²) in [4.78, 5) is 0. The molecule has 3 nitrogen and oxygen atoms in total. The molecule has 0 radical (unpaired) electrons. The highest BCUT2D eigenvalue weighted by molar-refractivity contribution is 7.92. The molecule has 56 valence electrons. The zero-order chi connectivity index (χ0) is 7.78. The van der Waals surface area contributed by atoms with Gasteiger partial charge in [-0.2, -0.15) is 0 Å². The van der Waals surface area contributed by atoms with Crippen LogP contribution in [0.25, 0.3) is 0 Å². The predicted molar refractivity (Wildman–Crippen MR) is 39.1 cm³/mol. The molecule has 10 heavy (non-hydrogen) atoms. The zero-order valence-corrected chi connectivity index (χ0v) is 6.87. The first-order chi connectivity index (χ1) is 4.50. The lowest BCUT2D eigenvalue weighted by atomic mass is 10.7. The summed E-state index contributed by atoms with van der Waals surface area (Å²) in [5.74, 6) is 0. The molecule has 1 N–H and O–H groups in total. The molecule has 1 aromatic rings. The van der Waals surface area contributed by atoms with Crippen molar-refractivity contribution in [2.24, 2.45) is 0 Å². The Kier molecular flexibility index (Phi) is 1.70.